The zero-order valence-corrected chi connectivity index (χ0v) is 10.2. The Kier molecular flexibility index (Phi) is 3.73. The minimum absolute atomic E-state index is 0.206. The molecule has 1 saturated heterocycles. The maximum absolute atomic E-state index is 11.8. The molecule has 0 aliphatic carbocycles. The largest absolute Gasteiger partial charge is 0.507 e. The average molecular weight is 268 g/mol. The highest BCUT2D eigenvalue weighted by molar-refractivity contribution is 7.99. The van der Waals surface area contributed by atoms with Gasteiger partial charge in [-0.1, -0.05) is 0 Å². The van der Waals surface area contributed by atoms with Crippen molar-refractivity contribution >= 4 is 29.3 Å². The van der Waals surface area contributed by atoms with Crippen molar-refractivity contribution < 1.29 is 19.8 Å². The molecular weight excluding hydrogens is 256 g/mol. The van der Waals surface area contributed by atoms with Crippen molar-refractivity contribution in [2.24, 2.45) is 0 Å². The molecular formula is C11H12N2O4S. The van der Waals surface area contributed by atoms with Crippen LogP contribution in [0, 0.1) is 0 Å². The SMILES string of the molecule is O=C(O)c1cc(NC(=O)C2CSCN2)ccc1O. The van der Waals surface area contributed by atoms with Crippen LogP contribution in [0.5, 0.6) is 5.75 Å². The topological polar surface area (TPSA) is 98.7 Å². The lowest BCUT2D eigenvalue weighted by Crippen LogP contribution is -2.37. The number of hydrogen-bond acceptors (Lipinski definition) is 5. The number of carbonyl (C=O) groups excluding carboxylic acids is 1. The first-order valence-electron chi connectivity index (χ1n) is 5.26. The van der Waals surface area contributed by atoms with Crippen molar-refractivity contribution in [3.63, 3.8) is 0 Å². The number of carboxylic acids is 1. The zero-order chi connectivity index (χ0) is 13.1. The molecule has 1 unspecified atom stereocenters. The van der Waals surface area contributed by atoms with E-state index in [1.54, 1.807) is 11.8 Å². The Bertz CT molecular complexity index is 486. The molecule has 0 aromatic heterocycles. The van der Waals surface area contributed by atoms with Crippen LogP contribution in [0.2, 0.25) is 0 Å². The van der Waals surface area contributed by atoms with Crippen LogP contribution in [0.25, 0.3) is 0 Å². The molecule has 1 aliphatic heterocycles. The fourth-order valence-corrected chi connectivity index (χ4v) is 2.52. The fourth-order valence-electron chi connectivity index (χ4n) is 1.58. The highest BCUT2D eigenvalue weighted by atomic mass is 32.2. The molecule has 2 rings (SSSR count). The Morgan fingerprint density at radius 3 is 2.83 bits per heavy atom. The van der Waals surface area contributed by atoms with Crippen LogP contribution >= 0.6 is 11.8 Å². The van der Waals surface area contributed by atoms with E-state index >= 15 is 0 Å². The lowest BCUT2D eigenvalue weighted by molar-refractivity contribution is -0.117. The minimum atomic E-state index is -1.24. The Hall–Kier alpha value is -1.73. The first kappa shape index (κ1) is 12.7. The molecule has 4 N–H and O–H groups in total. The number of aromatic carboxylic acids is 1. The summed E-state index contributed by atoms with van der Waals surface area (Å²) in [5, 5.41) is 23.8. The summed E-state index contributed by atoms with van der Waals surface area (Å²) in [6, 6.07) is 3.67. The Balaban J connectivity index is 2.11. The predicted molar refractivity (Wildman–Crippen MR) is 67.9 cm³/mol. The number of aromatic hydroxyl groups is 1. The van der Waals surface area contributed by atoms with Gasteiger partial charge in [0.15, 0.2) is 0 Å². The number of phenols is 1. The van der Waals surface area contributed by atoms with Crippen LogP contribution in [-0.2, 0) is 4.79 Å². The molecule has 0 spiro atoms. The number of hydrogen-bond donors (Lipinski definition) is 4. The van der Waals surface area contributed by atoms with Gasteiger partial charge >= 0.3 is 5.97 Å². The lowest BCUT2D eigenvalue weighted by Gasteiger charge is -2.11. The van der Waals surface area contributed by atoms with E-state index in [0.29, 0.717) is 11.4 Å². The van der Waals surface area contributed by atoms with E-state index in [1.807, 2.05) is 0 Å². The summed E-state index contributed by atoms with van der Waals surface area (Å²) in [5.74, 6) is -0.348. The summed E-state index contributed by atoms with van der Waals surface area (Å²) < 4.78 is 0. The number of nitrogens with one attached hydrogen (secondary N) is 2. The standard InChI is InChI=1S/C11H12N2O4S/c14-9-2-1-6(3-7(9)11(16)17)13-10(15)8-4-18-5-12-8/h1-3,8,12,14H,4-5H2,(H,13,15)(H,16,17). The van der Waals surface area contributed by atoms with Crippen LogP contribution in [-0.4, -0.2) is 39.8 Å². The quantitative estimate of drug-likeness (QED) is 0.602. The van der Waals surface area contributed by atoms with Gasteiger partial charge in [-0.15, -0.1) is 11.8 Å². The minimum Gasteiger partial charge on any atom is -0.507 e. The van der Waals surface area contributed by atoms with Gasteiger partial charge in [-0.3, -0.25) is 10.1 Å². The molecule has 0 radical (unpaired) electrons. The van der Waals surface area contributed by atoms with Crippen molar-refractivity contribution in [3.8, 4) is 5.75 Å². The average Bonchev–Trinajstić information content (AvgIpc) is 2.85. The van der Waals surface area contributed by atoms with Crippen molar-refractivity contribution in [1.29, 1.82) is 0 Å². The fraction of sp³-hybridized carbons (Fsp3) is 0.273. The summed E-state index contributed by atoms with van der Waals surface area (Å²) in [6.07, 6.45) is 0. The van der Waals surface area contributed by atoms with E-state index in [9.17, 15) is 14.7 Å². The third-order valence-electron chi connectivity index (χ3n) is 2.53. The van der Waals surface area contributed by atoms with Crippen LogP contribution in [0.3, 0.4) is 0 Å². The number of benzene rings is 1. The Morgan fingerprint density at radius 1 is 1.44 bits per heavy atom. The molecule has 96 valence electrons. The van der Waals surface area contributed by atoms with Crippen molar-refractivity contribution in [1.82, 2.24) is 5.32 Å². The third kappa shape index (κ3) is 2.74. The van der Waals surface area contributed by atoms with Gasteiger partial charge < -0.3 is 15.5 Å². The van der Waals surface area contributed by atoms with E-state index in [1.165, 1.54) is 18.2 Å². The van der Waals surface area contributed by atoms with Gasteiger partial charge in [0.1, 0.15) is 11.3 Å². The van der Waals surface area contributed by atoms with Gasteiger partial charge in [0.2, 0.25) is 5.91 Å². The molecule has 1 aromatic carbocycles. The van der Waals surface area contributed by atoms with Crippen LogP contribution in [0.4, 0.5) is 5.69 Å². The lowest BCUT2D eigenvalue weighted by atomic mass is 10.1. The van der Waals surface area contributed by atoms with Gasteiger partial charge in [-0.05, 0) is 18.2 Å². The third-order valence-corrected chi connectivity index (χ3v) is 3.47. The van der Waals surface area contributed by atoms with Crippen LogP contribution in [0.15, 0.2) is 18.2 Å². The number of rotatable bonds is 3. The van der Waals surface area contributed by atoms with Gasteiger partial charge in [-0.2, -0.15) is 0 Å². The van der Waals surface area contributed by atoms with Gasteiger partial charge in [-0.25, -0.2) is 4.79 Å². The molecule has 1 fully saturated rings. The van der Waals surface area contributed by atoms with Gasteiger partial charge in [0, 0.05) is 17.3 Å². The van der Waals surface area contributed by atoms with Gasteiger partial charge in [0.05, 0.1) is 6.04 Å². The molecule has 1 heterocycles. The van der Waals surface area contributed by atoms with E-state index < -0.39 is 5.97 Å². The molecule has 1 aliphatic rings. The molecule has 0 saturated carbocycles. The number of anilines is 1. The first-order chi connectivity index (χ1) is 8.58. The number of carboxylic acid groups (broad SMARTS) is 1. The maximum Gasteiger partial charge on any atom is 0.339 e. The number of amides is 1. The summed E-state index contributed by atoms with van der Waals surface area (Å²) in [5.41, 5.74) is 0.121. The van der Waals surface area contributed by atoms with Crippen molar-refractivity contribution in [2.45, 2.75) is 6.04 Å². The molecule has 7 heteroatoms. The van der Waals surface area contributed by atoms with Gasteiger partial charge in [0.25, 0.3) is 0 Å². The Morgan fingerprint density at radius 2 is 2.22 bits per heavy atom. The van der Waals surface area contributed by atoms with Crippen molar-refractivity contribution in [2.75, 3.05) is 16.9 Å². The highest BCUT2D eigenvalue weighted by Gasteiger charge is 2.22. The highest BCUT2D eigenvalue weighted by Crippen LogP contribution is 2.22. The monoisotopic (exact) mass is 268 g/mol. The van der Waals surface area contributed by atoms with E-state index in [4.69, 9.17) is 5.11 Å². The summed E-state index contributed by atoms with van der Waals surface area (Å²) in [7, 11) is 0. The Labute approximate surface area is 107 Å². The maximum atomic E-state index is 11.8. The van der Waals surface area contributed by atoms with E-state index in [2.05, 4.69) is 10.6 Å². The molecule has 6 nitrogen and oxygen atoms in total. The summed E-state index contributed by atoms with van der Waals surface area (Å²) in [4.78, 5) is 22.6. The van der Waals surface area contributed by atoms with E-state index in [-0.39, 0.29) is 23.3 Å². The zero-order valence-electron chi connectivity index (χ0n) is 9.34. The van der Waals surface area contributed by atoms with Crippen LogP contribution in [0.1, 0.15) is 10.4 Å². The normalized spacial score (nSPS) is 18.6. The molecule has 1 amide bonds. The second kappa shape index (κ2) is 5.28. The number of carbonyl (C=O) groups is 2. The first-order valence-corrected chi connectivity index (χ1v) is 6.41. The predicted octanol–water partition coefficient (Wildman–Crippen LogP) is 0.691. The summed E-state index contributed by atoms with van der Waals surface area (Å²) in [6.45, 7) is 0. The van der Waals surface area contributed by atoms with Crippen LogP contribution < -0.4 is 10.6 Å². The smallest absolute Gasteiger partial charge is 0.339 e. The number of thioether (sulfide) groups is 1. The molecule has 18 heavy (non-hydrogen) atoms. The second-order valence-corrected chi connectivity index (χ2v) is 4.83. The van der Waals surface area contributed by atoms with E-state index in [0.717, 1.165) is 5.88 Å². The molecule has 1 atom stereocenters. The molecule has 1 aromatic rings. The summed E-state index contributed by atoms with van der Waals surface area (Å²) >= 11 is 1.63. The molecule has 0 bridgehead atoms. The second-order valence-electron chi connectivity index (χ2n) is 3.80. The van der Waals surface area contributed by atoms with Crippen molar-refractivity contribution in [3.05, 3.63) is 23.8 Å².